The fourth-order valence-corrected chi connectivity index (χ4v) is 5.31. The maximum absolute atomic E-state index is 10.7. The molecular weight excluding hydrogens is 471 g/mol. The standard InChI is InChI=1S/C23H20Cl2N2O4S/c24-15-6-13-8-17-18(9-14(13)7-16(15)25)27(22-21(30)20(29)19(10-28)31-22)23(26-17)32-11-12-4-2-1-3-5-12/h1-9,19-22,28-30H,10-11H2/t19-,20-,21-,22-/m1/s1. The molecule has 0 spiro atoms. The van der Waals surface area contributed by atoms with Gasteiger partial charge in [0.05, 0.1) is 27.7 Å². The van der Waals surface area contributed by atoms with Crippen LogP contribution in [0.15, 0.2) is 59.8 Å². The second kappa shape index (κ2) is 8.83. The van der Waals surface area contributed by atoms with Gasteiger partial charge in [-0.05, 0) is 40.6 Å². The van der Waals surface area contributed by atoms with Crippen LogP contribution in [0.1, 0.15) is 11.8 Å². The van der Waals surface area contributed by atoms with Crippen molar-refractivity contribution in [2.75, 3.05) is 6.61 Å². The smallest absolute Gasteiger partial charge is 0.171 e. The number of imidazole rings is 1. The molecule has 2 heterocycles. The molecule has 6 nitrogen and oxygen atoms in total. The van der Waals surface area contributed by atoms with Crippen LogP contribution in [0.25, 0.3) is 21.8 Å². The van der Waals surface area contributed by atoms with E-state index in [0.717, 1.165) is 21.9 Å². The summed E-state index contributed by atoms with van der Waals surface area (Å²) in [5, 5.41) is 33.9. The maximum Gasteiger partial charge on any atom is 0.171 e. The van der Waals surface area contributed by atoms with E-state index < -0.39 is 31.1 Å². The summed E-state index contributed by atoms with van der Waals surface area (Å²) in [6.07, 6.45) is -4.20. The molecule has 1 aliphatic heterocycles. The number of hydrogen-bond donors (Lipinski definition) is 3. The lowest BCUT2D eigenvalue weighted by Gasteiger charge is -2.20. The first-order valence-electron chi connectivity index (χ1n) is 10.1. The quantitative estimate of drug-likeness (QED) is 0.359. The highest BCUT2D eigenvalue weighted by Crippen LogP contribution is 2.39. The van der Waals surface area contributed by atoms with Gasteiger partial charge in [0.1, 0.15) is 18.3 Å². The lowest BCUT2D eigenvalue weighted by Crippen LogP contribution is -2.33. The number of fused-ring (bicyclic) bond motifs is 2. The molecule has 4 atom stereocenters. The highest BCUT2D eigenvalue weighted by molar-refractivity contribution is 7.98. The number of thioether (sulfide) groups is 1. The Kier molecular flexibility index (Phi) is 6.07. The van der Waals surface area contributed by atoms with Crippen LogP contribution < -0.4 is 0 Å². The fourth-order valence-electron chi connectivity index (χ4n) is 3.98. The summed E-state index contributed by atoms with van der Waals surface area (Å²) in [6.45, 7) is -0.398. The second-order valence-electron chi connectivity index (χ2n) is 7.72. The van der Waals surface area contributed by atoms with Gasteiger partial charge in [0.15, 0.2) is 11.4 Å². The van der Waals surface area contributed by atoms with Gasteiger partial charge < -0.3 is 20.1 Å². The van der Waals surface area contributed by atoms with Crippen molar-refractivity contribution >= 4 is 56.8 Å². The van der Waals surface area contributed by atoms with E-state index in [-0.39, 0.29) is 0 Å². The van der Waals surface area contributed by atoms with Crippen molar-refractivity contribution in [3.05, 3.63) is 70.2 Å². The number of rotatable bonds is 5. The molecule has 32 heavy (non-hydrogen) atoms. The lowest BCUT2D eigenvalue weighted by atomic mass is 10.1. The largest absolute Gasteiger partial charge is 0.394 e. The van der Waals surface area contributed by atoms with Crippen LogP contribution in [0.3, 0.4) is 0 Å². The van der Waals surface area contributed by atoms with Crippen molar-refractivity contribution in [2.45, 2.75) is 35.4 Å². The molecule has 0 unspecified atom stereocenters. The number of ether oxygens (including phenoxy) is 1. The van der Waals surface area contributed by atoms with Crippen molar-refractivity contribution in [3.8, 4) is 0 Å². The van der Waals surface area contributed by atoms with E-state index in [1.54, 1.807) is 16.7 Å². The van der Waals surface area contributed by atoms with E-state index in [0.29, 0.717) is 26.5 Å². The van der Waals surface area contributed by atoms with E-state index in [1.165, 1.54) is 11.8 Å². The van der Waals surface area contributed by atoms with Crippen LogP contribution in [0.2, 0.25) is 10.0 Å². The highest BCUT2D eigenvalue weighted by atomic mass is 35.5. The van der Waals surface area contributed by atoms with Gasteiger partial charge in [-0.15, -0.1) is 0 Å². The van der Waals surface area contributed by atoms with Gasteiger partial charge in [-0.1, -0.05) is 65.3 Å². The molecule has 0 radical (unpaired) electrons. The van der Waals surface area contributed by atoms with Gasteiger partial charge in [0.2, 0.25) is 0 Å². The Balaban J connectivity index is 1.64. The van der Waals surface area contributed by atoms with Crippen molar-refractivity contribution in [1.82, 2.24) is 9.55 Å². The Bertz CT molecular complexity index is 1280. The van der Waals surface area contributed by atoms with E-state index in [4.69, 9.17) is 32.9 Å². The van der Waals surface area contributed by atoms with Gasteiger partial charge in [0.25, 0.3) is 0 Å². The Hall–Kier alpha value is -1.84. The Morgan fingerprint density at radius 3 is 2.31 bits per heavy atom. The van der Waals surface area contributed by atoms with Crippen molar-refractivity contribution in [1.29, 1.82) is 0 Å². The minimum absolute atomic E-state index is 0.398. The molecule has 0 bridgehead atoms. The van der Waals surface area contributed by atoms with E-state index in [2.05, 4.69) is 0 Å². The SMILES string of the molecule is OC[C@H]1O[C@@H](n2c(SCc3ccccc3)nc3cc4cc(Cl)c(Cl)cc4cc32)[C@H](O)[C@@H]1O. The van der Waals surface area contributed by atoms with Crippen LogP contribution in [0, 0.1) is 0 Å². The maximum atomic E-state index is 10.7. The Morgan fingerprint density at radius 2 is 1.66 bits per heavy atom. The minimum Gasteiger partial charge on any atom is -0.394 e. The summed E-state index contributed by atoms with van der Waals surface area (Å²) < 4.78 is 7.63. The molecule has 166 valence electrons. The summed E-state index contributed by atoms with van der Waals surface area (Å²) in [7, 11) is 0. The van der Waals surface area contributed by atoms with Gasteiger partial charge in [0, 0.05) is 5.75 Å². The normalized spacial score (nSPS) is 23.4. The molecule has 0 aliphatic carbocycles. The summed E-state index contributed by atoms with van der Waals surface area (Å²) in [6, 6.07) is 17.4. The summed E-state index contributed by atoms with van der Waals surface area (Å²) >= 11 is 13.9. The number of nitrogens with zero attached hydrogens (tertiary/aromatic N) is 2. The van der Waals surface area contributed by atoms with Gasteiger partial charge in [-0.2, -0.15) is 0 Å². The fraction of sp³-hybridized carbons (Fsp3) is 0.261. The zero-order valence-electron chi connectivity index (χ0n) is 16.7. The second-order valence-corrected chi connectivity index (χ2v) is 9.48. The first-order valence-corrected chi connectivity index (χ1v) is 11.8. The molecule has 0 saturated carbocycles. The number of benzene rings is 3. The molecule has 4 aromatic rings. The van der Waals surface area contributed by atoms with Crippen LogP contribution in [-0.4, -0.2) is 49.8 Å². The van der Waals surface area contributed by atoms with Crippen molar-refractivity contribution < 1.29 is 20.1 Å². The van der Waals surface area contributed by atoms with Gasteiger partial charge in [-0.3, -0.25) is 4.57 Å². The lowest BCUT2D eigenvalue weighted by molar-refractivity contribution is -0.0545. The van der Waals surface area contributed by atoms with Crippen LogP contribution >= 0.6 is 35.0 Å². The van der Waals surface area contributed by atoms with E-state index >= 15 is 0 Å². The van der Waals surface area contributed by atoms with Gasteiger partial charge >= 0.3 is 0 Å². The molecule has 5 rings (SSSR count). The first kappa shape index (κ1) is 22.0. The predicted molar refractivity (Wildman–Crippen MR) is 126 cm³/mol. The van der Waals surface area contributed by atoms with Gasteiger partial charge in [-0.25, -0.2) is 4.98 Å². The summed E-state index contributed by atoms with van der Waals surface area (Å²) in [5.74, 6) is 0.663. The number of halogens is 2. The number of aliphatic hydroxyl groups excluding tert-OH is 3. The zero-order chi connectivity index (χ0) is 22.4. The molecule has 1 saturated heterocycles. The molecule has 1 aliphatic rings. The third-order valence-electron chi connectivity index (χ3n) is 5.64. The molecule has 3 aromatic carbocycles. The molecule has 1 aromatic heterocycles. The first-order chi connectivity index (χ1) is 15.5. The molecule has 1 fully saturated rings. The van der Waals surface area contributed by atoms with Crippen molar-refractivity contribution in [2.24, 2.45) is 0 Å². The van der Waals surface area contributed by atoms with Crippen LogP contribution in [-0.2, 0) is 10.5 Å². The molecule has 0 amide bonds. The zero-order valence-corrected chi connectivity index (χ0v) is 19.1. The average molecular weight is 491 g/mol. The predicted octanol–water partition coefficient (Wildman–Crippen LogP) is 4.40. The van der Waals surface area contributed by atoms with E-state index in [1.807, 2.05) is 42.5 Å². The third-order valence-corrected chi connectivity index (χ3v) is 7.38. The molecule has 9 heteroatoms. The number of hydrogen-bond acceptors (Lipinski definition) is 6. The number of aliphatic hydroxyl groups is 3. The number of aromatic nitrogens is 2. The molecular formula is C23H20Cl2N2O4S. The Labute approximate surface area is 198 Å². The molecule has 3 N–H and O–H groups in total. The van der Waals surface area contributed by atoms with Crippen LogP contribution in [0.4, 0.5) is 0 Å². The minimum atomic E-state index is -1.22. The third kappa shape index (κ3) is 3.88. The van der Waals surface area contributed by atoms with E-state index in [9.17, 15) is 15.3 Å². The summed E-state index contributed by atoms with van der Waals surface area (Å²) in [5.41, 5.74) is 2.55. The topological polar surface area (TPSA) is 87.7 Å². The average Bonchev–Trinajstić information content (AvgIpc) is 3.28. The highest BCUT2D eigenvalue weighted by Gasteiger charge is 2.44. The van der Waals surface area contributed by atoms with Crippen LogP contribution in [0.5, 0.6) is 0 Å². The van der Waals surface area contributed by atoms with Crippen molar-refractivity contribution in [3.63, 3.8) is 0 Å². The Morgan fingerprint density at radius 1 is 0.969 bits per heavy atom. The monoisotopic (exact) mass is 490 g/mol. The summed E-state index contributed by atoms with van der Waals surface area (Å²) in [4.78, 5) is 4.80.